The van der Waals surface area contributed by atoms with E-state index in [-0.39, 0.29) is 5.91 Å². The van der Waals surface area contributed by atoms with Crippen LogP contribution in [0.25, 0.3) is 0 Å². The molecule has 2 heterocycles. The van der Waals surface area contributed by atoms with Crippen LogP contribution in [-0.4, -0.2) is 23.5 Å². The molecule has 0 saturated heterocycles. The normalized spacial score (nSPS) is 10.5. The van der Waals surface area contributed by atoms with Crippen LogP contribution in [-0.2, 0) is 4.74 Å². The van der Waals surface area contributed by atoms with Crippen molar-refractivity contribution in [3.8, 4) is 0 Å². The first-order chi connectivity index (χ1) is 9.92. The number of anilines is 1. The lowest BCUT2D eigenvalue weighted by Gasteiger charge is -2.00. The predicted molar refractivity (Wildman–Crippen MR) is 84.6 cm³/mol. The molecule has 0 atom stereocenters. The van der Waals surface area contributed by atoms with Gasteiger partial charge in [0, 0.05) is 9.75 Å². The van der Waals surface area contributed by atoms with E-state index in [1.165, 1.54) is 0 Å². The van der Waals surface area contributed by atoms with Gasteiger partial charge in [-0.05, 0) is 33.8 Å². The van der Waals surface area contributed by atoms with Crippen molar-refractivity contribution >= 4 is 39.7 Å². The second-order valence-corrected chi connectivity index (χ2v) is 6.89. The van der Waals surface area contributed by atoms with Gasteiger partial charge in [0.2, 0.25) is 0 Å². The minimum absolute atomic E-state index is 0.207. The molecule has 0 unspecified atom stereocenters. The summed E-state index contributed by atoms with van der Waals surface area (Å²) in [5, 5.41) is 3.14. The third kappa shape index (κ3) is 3.48. The molecular weight excluding hydrogens is 308 g/mol. The molecule has 2 aromatic rings. The van der Waals surface area contributed by atoms with Gasteiger partial charge >= 0.3 is 5.97 Å². The highest BCUT2D eigenvalue weighted by Gasteiger charge is 2.19. The zero-order valence-electron chi connectivity index (χ0n) is 12.3. The molecule has 2 aromatic heterocycles. The highest BCUT2D eigenvalue weighted by Crippen LogP contribution is 2.26. The average molecular weight is 324 g/mol. The van der Waals surface area contributed by atoms with Crippen molar-refractivity contribution in [1.29, 1.82) is 0 Å². The zero-order valence-corrected chi connectivity index (χ0v) is 13.9. The number of ether oxygens (including phenoxy) is 1. The summed E-state index contributed by atoms with van der Waals surface area (Å²) in [6, 6.07) is 1.85. The van der Waals surface area contributed by atoms with Crippen molar-refractivity contribution in [3.05, 3.63) is 32.0 Å². The summed E-state index contributed by atoms with van der Waals surface area (Å²) in [4.78, 5) is 30.6. The van der Waals surface area contributed by atoms with Gasteiger partial charge in [-0.15, -0.1) is 11.3 Å². The van der Waals surface area contributed by atoms with Crippen LogP contribution in [0, 0.1) is 20.8 Å². The Morgan fingerprint density at radius 1 is 1.29 bits per heavy atom. The Kier molecular flexibility index (Phi) is 4.74. The number of carbonyl (C=O) groups excluding carboxylic acids is 2. The predicted octanol–water partition coefficient (Wildman–Crippen LogP) is 3.56. The van der Waals surface area contributed by atoms with E-state index in [2.05, 4.69) is 10.3 Å². The molecule has 7 heteroatoms. The minimum Gasteiger partial charge on any atom is -0.462 e. The lowest BCUT2D eigenvalue weighted by atomic mass is 10.2. The summed E-state index contributed by atoms with van der Waals surface area (Å²) in [6.07, 6.45) is 0. The fourth-order valence-electron chi connectivity index (χ4n) is 1.86. The maximum absolute atomic E-state index is 12.2. The molecule has 0 saturated carbocycles. The van der Waals surface area contributed by atoms with E-state index in [1.807, 2.05) is 19.9 Å². The van der Waals surface area contributed by atoms with Crippen LogP contribution in [0.15, 0.2) is 6.07 Å². The summed E-state index contributed by atoms with van der Waals surface area (Å²) in [5.74, 6) is -0.614. The molecule has 0 aromatic carbocycles. The second kappa shape index (κ2) is 6.36. The van der Waals surface area contributed by atoms with Crippen molar-refractivity contribution in [3.63, 3.8) is 0 Å². The molecule has 0 fully saturated rings. The summed E-state index contributed by atoms with van der Waals surface area (Å²) in [6.45, 7) is 7.65. The SMILES string of the molecule is CCOC(=O)c1sc(NC(=O)c2cc(C)sc2C)nc1C. The van der Waals surface area contributed by atoms with Crippen LogP contribution in [0.2, 0.25) is 0 Å². The molecular formula is C14H16N2O3S2. The molecule has 5 nitrogen and oxygen atoms in total. The van der Waals surface area contributed by atoms with E-state index in [0.717, 1.165) is 21.1 Å². The maximum atomic E-state index is 12.2. The van der Waals surface area contributed by atoms with Gasteiger partial charge in [0.25, 0.3) is 5.91 Å². The number of amides is 1. The van der Waals surface area contributed by atoms with Crippen molar-refractivity contribution in [1.82, 2.24) is 4.98 Å². The molecule has 21 heavy (non-hydrogen) atoms. The zero-order chi connectivity index (χ0) is 15.6. The van der Waals surface area contributed by atoms with Gasteiger partial charge < -0.3 is 4.74 Å². The largest absolute Gasteiger partial charge is 0.462 e. The number of aryl methyl sites for hydroxylation is 3. The first kappa shape index (κ1) is 15.7. The Hall–Kier alpha value is -1.73. The van der Waals surface area contributed by atoms with Gasteiger partial charge in [-0.1, -0.05) is 11.3 Å². The lowest BCUT2D eigenvalue weighted by Crippen LogP contribution is -2.11. The maximum Gasteiger partial charge on any atom is 0.350 e. The van der Waals surface area contributed by atoms with Crippen LogP contribution in [0.3, 0.4) is 0 Å². The average Bonchev–Trinajstić information content (AvgIpc) is 2.92. The van der Waals surface area contributed by atoms with Crippen molar-refractivity contribution in [2.24, 2.45) is 0 Å². The van der Waals surface area contributed by atoms with Gasteiger partial charge in [-0.3, -0.25) is 10.1 Å². The van der Waals surface area contributed by atoms with E-state index in [0.29, 0.717) is 27.9 Å². The van der Waals surface area contributed by atoms with E-state index in [4.69, 9.17) is 4.74 Å². The number of nitrogens with one attached hydrogen (secondary N) is 1. The van der Waals surface area contributed by atoms with Crippen molar-refractivity contribution in [2.45, 2.75) is 27.7 Å². The Bertz CT molecular complexity index is 688. The highest BCUT2D eigenvalue weighted by atomic mass is 32.1. The molecule has 0 spiro atoms. The van der Waals surface area contributed by atoms with E-state index >= 15 is 0 Å². The Labute approximate surface area is 131 Å². The molecule has 0 aliphatic heterocycles. The van der Waals surface area contributed by atoms with Gasteiger partial charge in [-0.25, -0.2) is 9.78 Å². The monoisotopic (exact) mass is 324 g/mol. The first-order valence-electron chi connectivity index (χ1n) is 6.45. The molecule has 1 amide bonds. The highest BCUT2D eigenvalue weighted by molar-refractivity contribution is 7.17. The summed E-state index contributed by atoms with van der Waals surface area (Å²) >= 11 is 2.71. The summed E-state index contributed by atoms with van der Waals surface area (Å²) in [5.41, 5.74) is 1.20. The van der Waals surface area contributed by atoms with Gasteiger partial charge in [0.1, 0.15) is 4.88 Å². The summed E-state index contributed by atoms with van der Waals surface area (Å²) < 4.78 is 4.95. The number of thiazole rings is 1. The fourth-order valence-corrected chi connectivity index (χ4v) is 3.63. The number of esters is 1. The second-order valence-electron chi connectivity index (χ2n) is 4.44. The van der Waals surface area contributed by atoms with Gasteiger partial charge in [-0.2, -0.15) is 0 Å². The van der Waals surface area contributed by atoms with Crippen LogP contribution in [0.1, 0.15) is 42.4 Å². The topological polar surface area (TPSA) is 68.3 Å². The minimum atomic E-state index is -0.407. The quantitative estimate of drug-likeness (QED) is 0.873. The van der Waals surface area contributed by atoms with E-state index in [9.17, 15) is 9.59 Å². The Balaban J connectivity index is 2.17. The lowest BCUT2D eigenvalue weighted by molar-refractivity contribution is 0.0531. The third-order valence-corrected chi connectivity index (χ3v) is 4.78. The van der Waals surface area contributed by atoms with Crippen molar-refractivity contribution < 1.29 is 14.3 Å². The Morgan fingerprint density at radius 2 is 2.00 bits per heavy atom. The number of hydrogen-bond donors (Lipinski definition) is 1. The van der Waals surface area contributed by atoms with E-state index < -0.39 is 5.97 Å². The molecule has 112 valence electrons. The smallest absolute Gasteiger partial charge is 0.350 e. The molecule has 0 radical (unpaired) electrons. The van der Waals surface area contributed by atoms with Crippen LogP contribution in [0.4, 0.5) is 5.13 Å². The first-order valence-corrected chi connectivity index (χ1v) is 8.08. The number of rotatable bonds is 4. The summed E-state index contributed by atoms with van der Waals surface area (Å²) in [7, 11) is 0. The molecule has 0 aliphatic rings. The number of thiophene rings is 1. The standard InChI is InChI=1S/C14H16N2O3S2/c1-5-19-13(18)11-8(3)15-14(21-11)16-12(17)10-6-7(2)20-9(10)4/h6H,5H2,1-4H3,(H,15,16,17). The molecule has 2 rings (SSSR count). The molecule has 0 bridgehead atoms. The number of nitrogens with zero attached hydrogens (tertiary/aromatic N) is 1. The van der Waals surface area contributed by atoms with Gasteiger partial charge in [0.15, 0.2) is 5.13 Å². The van der Waals surface area contributed by atoms with E-state index in [1.54, 1.807) is 25.2 Å². The number of aromatic nitrogens is 1. The molecule has 0 aliphatic carbocycles. The fraction of sp³-hybridized carbons (Fsp3) is 0.357. The third-order valence-electron chi connectivity index (χ3n) is 2.76. The Morgan fingerprint density at radius 3 is 2.57 bits per heavy atom. The van der Waals surface area contributed by atoms with Crippen LogP contribution < -0.4 is 5.32 Å². The number of hydrogen-bond acceptors (Lipinski definition) is 6. The van der Waals surface area contributed by atoms with Gasteiger partial charge in [0.05, 0.1) is 17.9 Å². The number of carbonyl (C=O) groups is 2. The van der Waals surface area contributed by atoms with Crippen LogP contribution in [0.5, 0.6) is 0 Å². The van der Waals surface area contributed by atoms with Crippen LogP contribution >= 0.6 is 22.7 Å². The molecule has 1 N–H and O–H groups in total. The van der Waals surface area contributed by atoms with Crippen molar-refractivity contribution in [2.75, 3.05) is 11.9 Å².